The first-order valence-electron chi connectivity index (χ1n) is 16.0. The summed E-state index contributed by atoms with van der Waals surface area (Å²) in [6.07, 6.45) is 1.98. The molecule has 12 heteroatoms. The monoisotopic (exact) mass is 644 g/mol. The average Bonchev–Trinajstić information content (AvgIpc) is 3.35. The van der Waals surface area contributed by atoms with Crippen LogP contribution in [0.15, 0.2) is 42.5 Å². The van der Waals surface area contributed by atoms with Crippen LogP contribution in [0, 0.1) is 11.8 Å². The van der Waals surface area contributed by atoms with Gasteiger partial charge in [0.2, 0.25) is 17.7 Å². The molecule has 1 fully saturated rings. The van der Waals surface area contributed by atoms with Gasteiger partial charge in [-0.15, -0.1) is 0 Å². The summed E-state index contributed by atoms with van der Waals surface area (Å²) in [5.74, 6) is -2.15. The van der Waals surface area contributed by atoms with E-state index in [1.165, 1.54) is 12.2 Å². The number of alkyl carbamates (subject to hydrolysis) is 1. The van der Waals surface area contributed by atoms with E-state index in [4.69, 9.17) is 14.2 Å². The van der Waals surface area contributed by atoms with Crippen molar-refractivity contribution in [2.24, 2.45) is 11.8 Å². The summed E-state index contributed by atoms with van der Waals surface area (Å²) in [6.45, 7) is 15.0. The summed E-state index contributed by atoms with van der Waals surface area (Å²) in [4.78, 5) is 64.7. The summed E-state index contributed by atoms with van der Waals surface area (Å²) in [5, 5.41) is 11.1. The lowest BCUT2D eigenvalue weighted by molar-refractivity contribution is -0.141. The maximum atomic E-state index is 13.7. The molecule has 4 amide bonds. The number of carbonyl (C=O) groups excluding carboxylic acids is 5. The summed E-state index contributed by atoms with van der Waals surface area (Å²) in [6, 6.07) is 6.27. The minimum atomic E-state index is -1.19. The Labute approximate surface area is 272 Å². The summed E-state index contributed by atoms with van der Waals surface area (Å²) >= 11 is 0. The first-order chi connectivity index (χ1) is 21.5. The van der Waals surface area contributed by atoms with Crippen molar-refractivity contribution in [1.29, 1.82) is 0 Å². The van der Waals surface area contributed by atoms with Crippen LogP contribution < -0.4 is 21.3 Å². The molecule has 2 unspecified atom stereocenters. The smallest absolute Gasteiger partial charge is 0.408 e. The lowest BCUT2D eigenvalue weighted by Crippen LogP contribution is -2.59. The Morgan fingerprint density at radius 1 is 0.978 bits per heavy atom. The van der Waals surface area contributed by atoms with Crippen LogP contribution in [-0.4, -0.2) is 72.3 Å². The van der Waals surface area contributed by atoms with Crippen LogP contribution in [0.2, 0.25) is 0 Å². The number of hydrogen-bond donors (Lipinski definition) is 4. The van der Waals surface area contributed by atoms with Crippen LogP contribution in [0.4, 0.5) is 4.79 Å². The second-order valence-corrected chi connectivity index (χ2v) is 13.3. The number of nitrogens with one attached hydrogen (secondary N) is 4. The Bertz CT molecular complexity index is 1200. The van der Waals surface area contributed by atoms with Crippen LogP contribution in [0.25, 0.3) is 0 Å². The van der Waals surface area contributed by atoms with Gasteiger partial charge in [0.1, 0.15) is 18.7 Å². The van der Waals surface area contributed by atoms with Crippen molar-refractivity contribution in [2.75, 3.05) is 6.54 Å². The SMILES string of the molecule is CC(C)C[C@H](NC(=O)[C@@H](NC(=O)OCc1ccccc1)C(C)OC(C)(C)C)C(=O)N[C@H](C=CC(=O)OC(C)C)CC1CCNC1=O. The molecule has 1 heterocycles. The summed E-state index contributed by atoms with van der Waals surface area (Å²) < 4.78 is 16.5. The maximum Gasteiger partial charge on any atom is 0.408 e. The van der Waals surface area contributed by atoms with E-state index in [0.717, 1.165) is 5.56 Å². The number of ether oxygens (including phenoxy) is 3. The van der Waals surface area contributed by atoms with Gasteiger partial charge in [0.05, 0.1) is 17.8 Å². The van der Waals surface area contributed by atoms with Gasteiger partial charge < -0.3 is 35.5 Å². The first-order valence-corrected chi connectivity index (χ1v) is 16.0. The number of benzene rings is 1. The van der Waals surface area contributed by atoms with Gasteiger partial charge >= 0.3 is 12.1 Å². The molecule has 0 spiro atoms. The minimum Gasteiger partial charge on any atom is -0.460 e. The molecular formula is C34H52N4O8. The molecule has 0 radical (unpaired) electrons. The Balaban J connectivity index is 2.23. The van der Waals surface area contributed by atoms with Crippen molar-refractivity contribution < 1.29 is 38.2 Å². The Kier molecular flexibility index (Phi) is 15.2. The van der Waals surface area contributed by atoms with Gasteiger partial charge in [-0.3, -0.25) is 14.4 Å². The molecule has 0 saturated carbocycles. The molecule has 2 rings (SSSR count). The normalized spacial score (nSPS) is 17.6. The van der Waals surface area contributed by atoms with E-state index in [1.54, 1.807) is 20.8 Å². The van der Waals surface area contributed by atoms with Crippen molar-refractivity contribution in [3.05, 3.63) is 48.0 Å². The Morgan fingerprint density at radius 3 is 2.22 bits per heavy atom. The fourth-order valence-corrected chi connectivity index (χ4v) is 4.99. The highest BCUT2D eigenvalue weighted by molar-refractivity contribution is 5.92. The number of amides is 4. The molecule has 0 aromatic heterocycles. The molecular weight excluding hydrogens is 592 g/mol. The first kappa shape index (κ1) is 38.3. The topological polar surface area (TPSA) is 161 Å². The van der Waals surface area contributed by atoms with E-state index in [2.05, 4.69) is 21.3 Å². The predicted octanol–water partition coefficient (Wildman–Crippen LogP) is 3.53. The fraction of sp³-hybridized carbons (Fsp3) is 0.618. The van der Waals surface area contributed by atoms with E-state index in [9.17, 15) is 24.0 Å². The number of carbonyl (C=O) groups is 5. The molecule has 0 bridgehead atoms. The molecule has 46 heavy (non-hydrogen) atoms. The molecule has 4 N–H and O–H groups in total. The van der Waals surface area contributed by atoms with Gasteiger partial charge in [0.15, 0.2) is 0 Å². The summed E-state index contributed by atoms with van der Waals surface area (Å²) in [7, 11) is 0. The third-order valence-electron chi connectivity index (χ3n) is 6.96. The van der Waals surface area contributed by atoms with Gasteiger partial charge in [0, 0.05) is 24.6 Å². The molecule has 1 aromatic carbocycles. The maximum absolute atomic E-state index is 13.7. The lowest BCUT2D eigenvalue weighted by atomic mass is 9.96. The standard InChI is InChI=1S/C34H52N4O8/c1-21(2)18-27(31(41)36-26(14-15-28(39)45-22(3)4)19-25-16-17-35-30(25)40)37-32(42)29(23(5)46-34(6,7)8)38-33(43)44-20-24-12-10-9-11-13-24/h9-15,21-23,25-27,29H,16-20H2,1-8H3,(H,35,40)(H,36,41)(H,37,42)(H,38,43)/t23?,25?,26-,27+,29+/m1/s1. The molecule has 12 nitrogen and oxygen atoms in total. The number of rotatable bonds is 16. The minimum absolute atomic E-state index is 0.00648. The van der Waals surface area contributed by atoms with Gasteiger partial charge in [0.25, 0.3) is 0 Å². The highest BCUT2D eigenvalue weighted by Gasteiger charge is 2.35. The molecule has 0 aliphatic carbocycles. The van der Waals surface area contributed by atoms with Crippen molar-refractivity contribution in [3.63, 3.8) is 0 Å². The third-order valence-corrected chi connectivity index (χ3v) is 6.96. The largest absolute Gasteiger partial charge is 0.460 e. The van der Waals surface area contributed by atoms with Crippen LogP contribution in [0.5, 0.6) is 0 Å². The van der Waals surface area contributed by atoms with Gasteiger partial charge in [-0.25, -0.2) is 9.59 Å². The van der Waals surface area contributed by atoms with Crippen molar-refractivity contribution >= 4 is 29.8 Å². The van der Waals surface area contributed by atoms with E-state index in [-0.39, 0.29) is 43.3 Å². The number of hydrogen-bond acceptors (Lipinski definition) is 8. The van der Waals surface area contributed by atoms with Gasteiger partial charge in [-0.05, 0) is 72.3 Å². The molecule has 1 saturated heterocycles. The average molecular weight is 645 g/mol. The quantitative estimate of drug-likeness (QED) is 0.157. The molecule has 5 atom stereocenters. The third kappa shape index (κ3) is 14.4. The second-order valence-electron chi connectivity index (χ2n) is 13.3. The van der Waals surface area contributed by atoms with Crippen LogP contribution >= 0.6 is 0 Å². The van der Waals surface area contributed by atoms with Gasteiger partial charge in [-0.1, -0.05) is 50.3 Å². The van der Waals surface area contributed by atoms with Crippen molar-refractivity contribution in [1.82, 2.24) is 21.3 Å². The zero-order chi connectivity index (χ0) is 34.4. The van der Waals surface area contributed by atoms with E-state index >= 15 is 0 Å². The molecule has 1 aliphatic rings. The molecule has 1 aromatic rings. The second kappa shape index (κ2) is 18.3. The van der Waals surface area contributed by atoms with E-state index in [1.807, 2.05) is 65.0 Å². The Morgan fingerprint density at radius 2 is 1.65 bits per heavy atom. The zero-order valence-electron chi connectivity index (χ0n) is 28.4. The summed E-state index contributed by atoms with van der Waals surface area (Å²) in [5.41, 5.74) is 0.146. The zero-order valence-corrected chi connectivity index (χ0v) is 28.4. The highest BCUT2D eigenvalue weighted by atomic mass is 16.6. The lowest BCUT2D eigenvalue weighted by Gasteiger charge is -2.32. The van der Waals surface area contributed by atoms with E-state index < -0.39 is 53.7 Å². The van der Waals surface area contributed by atoms with Gasteiger partial charge in [-0.2, -0.15) is 0 Å². The fourth-order valence-electron chi connectivity index (χ4n) is 4.99. The van der Waals surface area contributed by atoms with Crippen LogP contribution in [0.3, 0.4) is 0 Å². The van der Waals surface area contributed by atoms with Crippen molar-refractivity contribution in [3.8, 4) is 0 Å². The predicted molar refractivity (Wildman–Crippen MR) is 173 cm³/mol. The Hall–Kier alpha value is -3.93. The van der Waals surface area contributed by atoms with Crippen molar-refractivity contribution in [2.45, 2.75) is 117 Å². The molecule has 1 aliphatic heterocycles. The number of esters is 1. The molecule has 256 valence electrons. The van der Waals surface area contributed by atoms with E-state index in [0.29, 0.717) is 13.0 Å². The highest BCUT2D eigenvalue weighted by Crippen LogP contribution is 2.18. The van der Waals surface area contributed by atoms with Crippen LogP contribution in [0.1, 0.15) is 80.2 Å². The van der Waals surface area contributed by atoms with Crippen LogP contribution in [-0.2, 0) is 40.0 Å².